The minimum atomic E-state index is -3.59. The van der Waals surface area contributed by atoms with Gasteiger partial charge in [-0.15, -0.1) is 12.4 Å². The summed E-state index contributed by atoms with van der Waals surface area (Å²) in [6.45, 7) is 8.85. The summed E-state index contributed by atoms with van der Waals surface area (Å²) in [5.74, 6) is -0.251. The Morgan fingerprint density at radius 2 is 1.96 bits per heavy atom. The van der Waals surface area contributed by atoms with Gasteiger partial charge in [0.25, 0.3) is 5.91 Å². The zero-order valence-electron chi connectivity index (χ0n) is 15.6. The maximum absolute atomic E-state index is 12.6. The molecule has 1 saturated heterocycles. The third-order valence-electron chi connectivity index (χ3n) is 4.42. The first-order valence-corrected chi connectivity index (χ1v) is 10.1. The molecule has 9 heteroatoms. The van der Waals surface area contributed by atoms with E-state index in [1.165, 1.54) is 16.4 Å². The van der Waals surface area contributed by atoms with E-state index in [-0.39, 0.29) is 29.3 Å². The van der Waals surface area contributed by atoms with Crippen LogP contribution in [-0.2, 0) is 10.0 Å². The van der Waals surface area contributed by atoms with Crippen molar-refractivity contribution in [3.63, 3.8) is 0 Å². The SMILES string of the molecule is CC(C)N(C)S(=O)(=O)c1cccc(C(=O)NCCN2CCNCC2)c1.Cl. The van der Waals surface area contributed by atoms with Crippen LogP contribution in [0.4, 0.5) is 0 Å². The molecule has 1 heterocycles. The van der Waals surface area contributed by atoms with Crippen molar-refractivity contribution in [1.29, 1.82) is 0 Å². The standard InChI is InChI=1S/C17H28N4O3S.ClH/c1-14(2)20(3)25(23,24)16-6-4-5-15(13-16)17(22)19-9-12-21-10-7-18-8-11-21;/h4-6,13-14,18H,7-12H2,1-3H3,(H,19,22);1H. The summed E-state index contributed by atoms with van der Waals surface area (Å²) in [6, 6.07) is 6.04. The molecule has 148 valence electrons. The van der Waals surface area contributed by atoms with Crippen molar-refractivity contribution >= 4 is 28.3 Å². The number of piperazine rings is 1. The predicted molar refractivity (Wildman–Crippen MR) is 105 cm³/mol. The third-order valence-corrected chi connectivity index (χ3v) is 6.45. The molecule has 0 aliphatic carbocycles. The average molecular weight is 405 g/mol. The number of rotatable bonds is 7. The first-order chi connectivity index (χ1) is 11.8. The lowest BCUT2D eigenvalue weighted by molar-refractivity contribution is 0.0947. The monoisotopic (exact) mass is 404 g/mol. The molecule has 0 radical (unpaired) electrons. The fourth-order valence-electron chi connectivity index (χ4n) is 2.61. The van der Waals surface area contributed by atoms with Gasteiger partial charge in [-0.05, 0) is 32.0 Å². The fraction of sp³-hybridized carbons (Fsp3) is 0.588. The largest absolute Gasteiger partial charge is 0.351 e. The van der Waals surface area contributed by atoms with Crippen molar-refractivity contribution in [2.45, 2.75) is 24.8 Å². The van der Waals surface area contributed by atoms with Gasteiger partial charge >= 0.3 is 0 Å². The maximum atomic E-state index is 12.6. The van der Waals surface area contributed by atoms with Crippen molar-refractivity contribution in [1.82, 2.24) is 19.8 Å². The van der Waals surface area contributed by atoms with E-state index < -0.39 is 10.0 Å². The van der Waals surface area contributed by atoms with Crippen molar-refractivity contribution in [2.24, 2.45) is 0 Å². The van der Waals surface area contributed by atoms with E-state index in [0.29, 0.717) is 12.1 Å². The van der Waals surface area contributed by atoms with Gasteiger partial charge in [0.15, 0.2) is 0 Å². The van der Waals surface area contributed by atoms with E-state index in [0.717, 1.165) is 32.7 Å². The van der Waals surface area contributed by atoms with E-state index in [2.05, 4.69) is 15.5 Å². The summed E-state index contributed by atoms with van der Waals surface area (Å²) in [7, 11) is -2.05. The highest BCUT2D eigenvalue weighted by molar-refractivity contribution is 7.89. The molecule has 1 aliphatic heterocycles. The Kier molecular flexibility index (Phi) is 8.99. The molecule has 0 saturated carbocycles. The molecular formula is C17H29ClN4O3S. The number of amides is 1. The summed E-state index contributed by atoms with van der Waals surface area (Å²) < 4.78 is 26.4. The minimum Gasteiger partial charge on any atom is -0.351 e. The number of carbonyl (C=O) groups excluding carboxylic acids is 1. The summed E-state index contributed by atoms with van der Waals surface area (Å²) in [6.07, 6.45) is 0. The summed E-state index contributed by atoms with van der Waals surface area (Å²) in [5, 5.41) is 6.15. The molecule has 0 unspecified atom stereocenters. The number of carbonyl (C=O) groups is 1. The fourth-order valence-corrected chi connectivity index (χ4v) is 4.02. The Morgan fingerprint density at radius 3 is 2.58 bits per heavy atom. The summed E-state index contributed by atoms with van der Waals surface area (Å²) >= 11 is 0. The van der Waals surface area contributed by atoms with Crippen molar-refractivity contribution in [2.75, 3.05) is 46.3 Å². The van der Waals surface area contributed by atoms with Gasteiger partial charge in [0.05, 0.1) is 4.90 Å². The lowest BCUT2D eigenvalue weighted by atomic mass is 10.2. The van der Waals surface area contributed by atoms with Gasteiger partial charge in [-0.25, -0.2) is 8.42 Å². The normalized spacial score (nSPS) is 15.7. The Morgan fingerprint density at radius 1 is 1.31 bits per heavy atom. The zero-order chi connectivity index (χ0) is 18.4. The topological polar surface area (TPSA) is 81.8 Å². The van der Waals surface area contributed by atoms with Crippen molar-refractivity contribution in [3.8, 4) is 0 Å². The molecule has 1 fully saturated rings. The first kappa shape index (κ1) is 22.9. The van der Waals surface area contributed by atoms with Crippen LogP contribution in [0.2, 0.25) is 0 Å². The molecule has 1 aromatic rings. The number of nitrogens with one attached hydrogen (secondary N) is 2. The molecule has 26 heavy (non-hydrogen) atoms. The second-order valence-electron chi connectivity index (χ2n) is 6.49. The van der Waals surface area contributed by atoms with Crippen LogP contribution in [0.25, 0.3) is 0 Å². The highest BCUT2D eigenvalue weighted by Crippen LogP contribution is 2.17. The van der Waals surface area contributed by atoms with Gasteiger partial charge < -0.3 is 10.6 Å². The van der Waals surface area contributed by atoms with Crippen LogP contribution in [-0.4, -0.2) is 75.9 Å². The number of hydrogen-bond donors (Lipinski definition) is 2. The minimum absolute atomic E-state index is 0. The van der Waals surface area contributed by atoms with Crippen LogP contribution in [0, 0.1) is 0 Å². The Balaban J connectivity index is 0.00000338. The van der Waals surface area contributed by atoms with Crippen LogP contribution >= 0.6 is 12.4 Å². The van der Waals surface area contributed by atoms with Crippen LogP contribution in [0.5, 0.6) is 0 Å². The van der Waals surface area contributed by atoms with Gasteiger partial charge in [0.1, 0.15) is 0 Å². The second-order valence-corrected chi connectivity index (χ2v) is 8.49. The lowest BCUT2D eigenvalue weighted by Crippen LogP contribution is -2.46. The molecule has 0 atom stereocenters. The number of nitrogens with zero attached hydrogens (tertiary/aromatic N) is 2. The van der Waals surface area contributed by atoms with Crippen LogP contribution < -0.4 is 10.6 Å². The van der Waals surface area contributed by atoms with Gasteiger partial charge in [0.2, 0.25) is 10.0 Å². The van der Waals surface area contributed by atoms with Crippen molar-refractivity contribution in [3.05, 3.63) is 29.8 Å². The summed E-state index contributed by atoms with van der Waals surface area (Å²) in [4.78, 5) is 14.7. The molecule has 0 spiro atoms. The van der Waals surface area contributed by atoms with E-state index in [4.69, 9.17) is 0 Å². The second kappa shape index (κ2) is 10.2. The van der Waals surface area contributed by atoms with Gasteiger partial charge in [0, 0.05) is 57.9 Å². The Labute approximate surface area is 162 Å². The van der Waals surface area contributed by atoms with E-state index in [1.54, 1.807) is 19.2 Å². The van der Waals surface area contributed by atoms with Gasteiger partial charge in [-0.1, -0.05) is 6.07 Å². The molecule has 0 bridgehead atoms. The van der Waals surface area contributed by atoms with E-state index >= 15 is 0 Å². The zero-order valence-corrected chi connectivity index (χ0v) is 17.2. The lowest BCUT2D eigenvalue weighted by Gasteiger charge is -2.27. The van der Waals surface area contributed by atoms with E-state index in [9.17, 15) is 13.2 Å². The summed E-state index contributed by atoms with van der Waals surface area (Å²) in [5.41, 5.74) is 0.360. The number of halogens is 1. The third kappa shape index (κ3) is 5.92. The Hall–Kier alpha value is -1.19. The smallest absolute Gasteiger partial charge is 0.251 e. The first-order valence-electron chi connectivity index (χ1n) is 8.61. The Bertz CT molecular complexity index is 691. The molecule has 2 N–H and O–H groups in total. The molecule has 7 nitrogen and oxygen atoms in total. The number of sulfonamides is 1. The van der Waals surface area contributed by atoms with E-state index in [1.807, 2.05) is 13.8 Å². The molecule has 1 aromatic carbocycles. The van der Waals surface area contributed by atoms with Gasteiger partial charge in [-0.2, -0.15) is 4.31 Å². The van der Waals surface area contributed by atoms with Gasteiger partial charge in [-0.3, -0.25) is 9.69 Å². The molecule has 1 aliphatic rings. The molecule has 0 aromatic heterocycles. The van der Waals surface area contributed by atoms with Crippen molar-refractivity contribution < 1.29 is 13.2 Å². The van der Waals surface area contributed by atoms with Crippen LogP contribution in [0.3, 0.4) is 0 Å². The highest BCUT2D eigenvalue weighted by Gasteiger charge is 2.23. The maximum Gasteiger partial charge on any atom is 0.251 e. The van der Waals surface area contributed by atoms with Crippen LogP contribution in [0.1, 0.15) is 24.2 Å². The average Bonchev–Trinajstić information content (AvgIpc) is 2.61. The van der Waals surface area contributed by atoms with Crippen LogP contribution in [0.15, 0.2) is 29.2 Å². The molecule has 2 rings (SSSR count). The molecular weight excluding hydrogens is 376 g/mol. The number of hydrogen-bond acceptors (Lipinski definition) is 5. The quantitative estimate of drug-likeness (QED) is 0.701. The molecule has 1 amide bonds. The number of benzene rings is 1. The highest BCUT2D eigenvalue weighted by atomic mass is 35.5. The predicted octanol–water partition coefficient (Wildman–Crippen LogP) is 0.772.